The van der Waals surface area contributed by atoms with Gasteiger partial charge >= 0.3 is 6.03 Å². The van der Waals surface area contributed by atoms with Crippen molar-refractivity contribution < 1.29 is 18.8 Å². The van der Waals surface area contributed by atoms with Gasteiger partial charge in [-0.05, 0) is 37.0 Å². The molecule has 0 unspecified atom stereocenters. The van der Waals surface area contributed by atoms with E-state index in [2.05, 4.69) is 16.7 Å². The fourth-order valence-corrected chi connectivity index (χ4v) is 3.23. The molecule has 1 aromatic rings. The van der Waals surface area contributed by atoms with Crippen LogP contribution in [-0.4, -0.2) is 34.8 Å². The zero-order chi connectivity index (χ0) is 21.8. The van der Waals surface area contributed by atoms with Crippen LogP contribution in [0.4, 0.5) is 9.18 Å². The lowest BCUT2D eigenvalue weighted by Crippen LogP contribution is -2.52. The first kappa shape index (κ1) is 22.3. The molecule has 2 rings (SSSR count). The van der Waals surface area contributed by atoms with Crippen molar-refractivity contribution in [2.24, 2.45) is 5.92 Å². The van der Waals surface area contributed by atoms with Gasteiger partial charge in [0.1, 0.15) is 23.4 Å². The summed E-state index contributed by atoms with van der Waals surface area (Å²) in [6, 6.07) is 6.78. The summed E-state index contributed by atoms with van der Waals surface area (Å²) < 4.78 is 13.4. The van der Waals surface area contributed by atoms with Crippen molar-refractivity contribution >= 4 is 17.8 Å². The molecule has 0 bridgehead atoms. The molecule has 1 aliphatic heterocycles. The van der Waals surface area contributed by atoms with E-state index in [1.165, 1.54) is 24.3 Å². The summed E-state index contributed by atoms with van der Waals surface area (Å²) >= 11 is 0. The Morgan fingerprint density at radius 3 is 2.48 bits per heavy atom. The number of carbonyl (C=O) groups is 3. The molecule has 29 heavy (non-hydrogen) atoms. The molecule has 8 heteroatoms. The summed E-state index contributed by atoms with van der Waals surface area (Å²) in [7, 11) is 0. The molecule has 1 aliphatic rings. The number of hydrogen-bond donors (Lipinski definition) is 2. The molecule has 1 aromatic carbocycles. The number of halogens is 1. The molecule has 1 saturated heterocycles. The minimum Gasteiger partial charge on any atom is -0.336 e. The Hall–Kier alpha value is -2.95. The highest BCUT2D eigenvalue weighted by Crippen LogP contribution is 2.34. The maximum atomic E-state index is 13.4. The van der Waals surface area contributed by atoms with E-state index in [0.29, 0.717) is 18.4 Å². The number of urea groups is 1. The fourth-order valence-electron chi connectivity index (χ4n) is 3.23. The number of carbonyl (C=O) groups excluding carboxylic acids is 3. The Kier molecular flexibility index (Phi) is 6.62. The highest BCUT2D eigenvalue weighted by Gasteiger charge is 2.52. The largest absolute Gasteiger partial charge is 0.336 e. The third-order valence-electron chi connectivity index (χ3n) is 5.51. The first-order valence-corrected chi connectivity index (χ1v) is 9.72. The zero-order valence-corrected chi connectivity index (χ0v) is 17.2. The SMILES string of the molecule is CCCC[C@@]1(c2ccc(F)cc2)NC(=O)N(CC(=O)N[C@](C)(C#N)C(C)C)C1=O. The van der Waals surface area contributed by atoms with Gasteiger partial charge in [-0.2, -0.15) is 5.26 Å². The van der Waals surface area contributed by atoms with Gasteiger partial charge in [0.25, 0.3) is 5.91 Å². The Balaban J connectivity index is 2.28. The van der Waals surface area contributed by atoms with Crippen molar-refractivity contribution in [2.45, 2.75) is 58.0 Å². The van der Waals surface area contributed by atoms with E-state index in [4.69, 9.17) is 0 Å². The smallest absolute Gasteiger partial charge is 0.325 e. The molecule has 0 saturated carbocycles. The van der Waals surface area contributed by atoms with Crippen LogP contribution < -0.4 is 10.6 Å². The molecular weight excluding hydrogens is 375 g/mol. The van der Waals surface area contributed by atoms with Crippen LogP contribution in [0.3, 0.4) is 0 Å². The van der Waals surface area contributed by atoms with Crippen molar-refractivity contribution in [2.75, 3.05) is 6.54 Å². The number of nitriles is 1. The second-order valence-corrected chi connectivity index (χ2v) is 7.85. The Bertz CT molecular complexity index is 833. The molecule has 1 fully saturated rings. The molecule has 0 spiro atoms. The molecule has 2 N–H and O–H groups in total. The minimum atomic E-state index is -1.34. The number of amides is 4. The van der Waals surface area contributed by atoms with Gasteiger partial charge < -0.3 is 10.6 Å². The number of unbranched alkanes of at least 4 members (excludes halogenated alkanes) is 1. The molecule has 4 amide bonds. The predicted molar refractivity (Wildman–Crippen MR) is 105 cm³/mol. The number of rotatable bonds is 8. The van der Waals surface area contributed by atoms with E-state index in [1.54, 1.807) is 20.8 Å². The normalized spacial score (nSPS) is 20.9. The second kappa shape index (κ2) is 8.60. The molecule has 1 heterocycles. The van der Waals surface area contributed by atoms with Crippen LogP contribution in [0.15, 0.2) is 24.3 Å². The van der Waals surface area contributed by atoms with Gasteiger partial charge in [0.05, 0.1) is 6.07 Å². The van der Waals surface area contributed by atoms with Crippen molar-refractivity contribution in [3.63, 3.8) is 0 Å². The molecule has 0 aromatic heterocycles. The highest BCUT2D eigenvalue weighted by molar-refractivity contribution is 6.09. The van der Waals surface area contributed by atoms with Crippen molar-refractivity contribution in [3.8, 4) is 6.07 Å². The average Bonchev–Trinajstić information content (AvgIpc) is 2.91. The Morgan fingerprint density at radius 1 is 1.34 bits per heavy atom. The molecular formula is C21H27FN4O3. The summed E-state index contributed by atoms with van der Waals surface area (Å²) in [5.41, 5.74) is -1.98. The standard InChI is InChI=1S/C21H27FN4O3/c1-5-6-11-21(15-7-9-16(22)10-8-15)18(28)26(19(29)25-21)12-17(27)24-20(4,13-23)14(2)3/h7-10,14H,5-6,11-12H2,1-4H3,(H,24,27)(H,25,29)/t20-,21+/m1/s1. The molecule has 0 aliphatic carbocycles. The first-order valence-electron chi connectivity index (χ1n) is 9.72. The predicted octanol–water partition coefficient (Wildman–Crippen LogP) is 2.82. The van der Waals surface area contributed by atoms with Crippen molar-refractivity contribution in [1.29, 1.82) is 5.26 Å². The third-order valence-corrected chi connectivity index (χ3v) is 5.51. The summed E-state index contributed by atoms with van der Waals surface area (Å²) in [5, 5.41) is 14.7. The van der Waals surface area contributed by atoms with Gasteiger partial charge in [0.2, 0.25) is 5.91 Å². The van der Waals surface area contributed by atoms with Crippen LogP contribution in [0, 0.1) is 23.1 Å². The van der Waals surface area contributed by atoms with Crippen molar-refractivity contribution in [1.82, 2.24) is 15.5 Å². The monoisotopic (exact) mass is 402 g/mol. The van der Waals surface area contributed by atoms with Gasteiger partial charge in [0, 0.05) is 0 Å². The number of imide groups is 1. The van der Waals surface area contributed by atoms with E-state index in [9.17, 15) is 24.0 Å². The van der Waals surface area contributed by atoms with Gasteiger partial charge in [0.15, 0.2) is 0 Å². The van der Waals surface area contributed by atoms with Crippen LogP contribution in [-0.2, 0) is 15.1 Å². The lowest BCUT2D eigenvalue weighted by atomic mass is 9.84. The lowest BCUT2D eigenvalue weighted by Gasteiger charge is -2.29. The maximum Gasteiger partial charge on any atom is 0.325 e. The lowest BCUT2D eigenvalue weighted by molar-refractivity contribution is -0.136. The summed E-state index contributed by atoms with van der Waals surface area (Å²) in [6.07, 6.45) is 1.78. The Labute approximate surface area is 170 Å². The van der Waals surface area contributed by atoms with E-state index in [1.807, 2.05) is 6.92 Å². The van der Waals surface area contributed by atoms with Gasteiger partial charge in [-0.15, -0.1) is 0 Å². The summed E-state index contributed by atoms with van der Waals surface area (Å²) in [4.78, 5) is 39.2. The average molecular weight is 402 g/mol. The number of benzene rings is 1. The van der Waals surface area contributed by atoms with Crippen LogP contribution in [0.1, 0.15) is 52.5 Å². The summed E-state index contributed by atoms with van der Waals surface area (Å²) in [6.45, 7) is 6.64. The Morgan fingerprint density at radius 2 is 1.97 bits per heavy atom. The van der Waals surface area contributed by atoms with Gasteiger partial charge in [-0.1, -0.05) is 45.7 Å². The number of nitrogens with zero attached hydrogens (tertiary/aromatic N) is 2. The highest BCUT2D eigenvalue weighted by atomic mass is 19.1. The third kappa shape index (κ3) is 4.39. The molecule has 156 valence electrons. The van der Waals surface area contributed by atoms with E-state index >= 15 is 0 Å². The minimum absolute atomic E-state index is 0.164. The topological polar surface area (TPSA) is 102 Å². The quantitative estimate of drug-likeness (QED) is 0.653. The van der Waals surface area contributed by atoms with Crippen LogP contribution in [0.5, 0.6) is 0 Å². The maximum absolute atomic E-state index is 13.4. The number of nitrogens with one attached hydrogen (secondary N) is 2. The summed E-state index contributed by atoms with van der Waals surface area (Å²) in [5.74, 6) is -1.77. The van der Waals surface area contributed by atoms with E-state index < -0.39 is 41.3 Å². The molecule has 7 nitrogen and oxygen atoms in total. The molecule has 0 radical (unpaired) electrons. The molecule has 2 atom stereocenters. The fraction of sp³-hybridized carbons (Fsp3) is 0.524. The van der Waals surface area contributed by atoms with Crippen molar-refractivity contribution in [3.05, 3.63) is 35.6 Å². The van der Waals surface area contributed by atoms with Gasteiger partial charge in [-0.25, -0.2) is 9.18 Å². The second-order valence-electron chi connectivity index (χ2n) is 7.85. The first-order chi connectivity index (χ1) is 13.6. The van der Waals surface area contributed by atoms with Gasteiger partial charge in [-0.3, -0.25) is 14.5 Å². The van der Waals surface area contributed by atoms with Crippen LogP contribution >= 0.6 is 0 Å². The zero-order valence-electron chi connectivity index (χ0n) is 17.2. The van der Waals surface area contributed by atoms with Crippen LogP contribution in [0.25, 0.3) is 0 Å². The van der Waals surface area contributed by atoms with E-state index in [-0.39, 0.29) is 5.92 Å². The number of hydrogen-bond acceptors (Lipinski definition) is 4. The van der Waals surface area contributed by atoms with Crippen LogP contribution in [0.2, 0.25) is 0 Å². The van der Waals surface area contributed by atoms with E-state index in [0.717, 1.165) is 11.3 Å².